The van der Waals surface area contributed by atoms with Gasteiger partial charge in [0.1, 0.15) is 11.9 Å². The van der Waals surface area contributed by atoms with Crippen molar-refractivity contribution in [3.05, 3.63) is 35.5 Å². The van der Waals surface area contributed by atoms with Crippen molar-refractivity contribution in [2.75, 3.05) is 11.9 Å². The SMILES string of the molecule is N#Cc1cccnc1NCCC1=CCCCC1. The van der Waals surface area contributed by atoms with E-state index in [1.54, 1.807) is 18.3 Å². The normalized spacial score (nSPS) is 14.9. The number of nitrogens with one attached hydrogen (secondary N) is 1. The molecule has 0 atom stereocenters. The second-order valence-electron chi connectivity index (χ2n) is 4.30. The van der Waals surface area contributed by atoms with Gasteiger partial charge in [-0.3, -0.25) is 0 Å². The van der Waals surface area contributed by atoms with Crippen LogP contribution in [-0.4, -0.2) is 11.5 Å². The molecule has 0 saturated heterocycles. The maximum Gasteiger partial charge on any atom is 0.143 e. The zero-order chi connectivity index (χ0) is 11.9. The average Bonchev–Trinajstić information content (AvgIpc) is 2.40. The van der Waals surface area contributed by atoms with E-state index in [9.17, 15) is 0 Å². The number of hydrogen-bond donors (Lipinski definition) is 1. The van der Waals surface area contributed by atoms with E-state index in [-0.39, 0.29) is 0 Å². The Kier molecular flexibility index (Phi) is 4.15. The summed E-state index contributed by atoms with van der Waals surface area (Å²) in [4.78, 5) is 4.18. The zero-order valence-corrected chi connectivity index (χ0v) is 9.95. The minimum Gasteiger partial charge on any atom is -0.369 e. The van der Waals surface area contributed by atoms with Gasteiger partial charge in [-0.05, 0) is 44.2 Å². The molecule has 1 heterocycles. The molecule has 0 radical (unpaired) electrons. The van der Waals surface area contributed by atoms with Gasteiger partial charge in [0.15, 0.2) is 0 Å². The van der Waals surface area contributed by atoms with Crippen molar-refractivity contribution in [1.82, 2.24) is 4.98 Å². The predicted octanol–water partition coefficient (Wildman–Crippen LogP) is 3.26. The Balaban J connectivity index is 1.86. The highest BCUT2D eigenvalue weighted by atomic mass is 15.0. The number of rotatable bonds is 4. The maximum absolute atomic E-state index is 8.93. The molecule has 0 spiro atoms. The van der Waals surface area contributed by atoms with Gasteiger partial charge >= 0.3 is 0 Å². The smallest absolute Gasteiger partial charge is 0.143 e. The monoisotopic (exact) mass is 227 g/mol. The summed E-state index contributed by atoms with van der Waals surface area (Å²) < 4.78 is 0. The summed E-state index contributed by atoms with van der Waals surface area (Å²) in [5, 5.41) is 12.2. The lowest BCUT2D eigenvalue weighted by atomic mass is 9.97. The zero-order valence-electron chi connectivity index (χ0n) is 9.95. The Labute approximate surface area is 102 Å². The summed E-state index contributed by atoms with van der Waals surface area (Å²) in [5.74, 6) is 0.700. The summed E-state index contributed by atoms with van der Waals surface area (Å²) in [5.41, 5.74) is 2.16. The van der Waals surface area contributed by atoms with E-state index in [4.69, 9.17) is 5.26 Å². The molecule has 17 heavy (non-hydrogen) atoms. The quantitative estimate of drug-likeness (QED) is 0.803. The van der Waals surface area contributed by atoms with E-state index in [0.29, 0.717) is 11.4 Å². The van der Waals surface area contributed by atoms with Crippen molar-refractivity contribution < 1.29 is 0 Å². The lowest BCUT2D eigenvalue weighted by Gasteiger charge is -2.13. The molecule has 0 saturated carbocycles. The molecule has 0 bridgehead atoms. The molecular weight excluding hydrogens is 210 g/mol. The average molecular weight is 227 g/mol. The van der Waals surface area contributed by atoms with E-state index >= 15 is 0 Å². The Morgan fingerprint density at radius 1 is 1.41 bits per heavy atom. The van der Waals surface area contributed by atoms with Gasteiger partial charge in [0.2, 0.25) is 0 Å². The summed E-state index contributed by atoms with van der Waals surface area (Å²) >= 11 is 0. The van der Waals surface area contributed by atoms with Crippen molar-refractivity contribution >= 4 is 5.82 Å². The molecule has 2 rings (SSSR count). The molecule has 88 valence electrons. The third-order valence-corrected chi connectivity index (χ3v) is 3.05. The van der Waals surface area contributed by atoms with Crippen LogP contribution in [-0.2, 0) is 0 Å². The van der Waals surface area contributed by atoms with Crippen LogP contribution in [0.4, 0.5) is 5.82 Å². The highest BCUT2D eigenvalue weighted by Crippen LogP contribution is 2.20. The molecular formula is C14H17N3. The second-order valence-corrected chi connectivity index (χ2v) is 4.30. The van der Waals surface area contributed by atoms with Gasteiger partial charge in [0.25, 0.3) is 0 Å². The fraction of sp³-hybridized carbons (Fsp3) is 0.429. The van der Waals surface area contributed by atoms with Crippen molar-refractivity contribution in [1.29, 1.82) is 5.26 Å². The number of hydrogen-bond acceptors (Lipinski definition) is 3. The summed E-state index contributed by atoms with van der Waals surface area (Å²) in [6.07, 6.45) is 10.2. The third kappa shape index (κ3) is 3.32. The van der Waals surface area contributed by atoms with Crippen molar-refractivity contribution in [3.63, 3.8) is 0 Å². The van der Waals surface area contributed by atoms with Crippen LogP contribution in [0.25, 0.3) is 0 Å². The molecule has 1 N–H and O–H groups in total. The molecule has 1 aliphatic carbocycles. The van der Waals surface area contributed by atoms with Crippen LogP contribution in [0.15, 0.2) is 30.0 Å². The van der Waals surface area contributed by atoms with E-state index in [2.05, 4.69) is 22.4 Å². The van der Waals surface area contributed by atoms with Gasteiger partial charge in [0.05, 0.1) is 5.56 Å². The fourth-order valence-corrected chi connectivity index (χ4v) is 2.11. The molecule has 1 aromatic rings. The minimum atomic E-state index is 0.616. The number of nitriles is 1. The first-order chi connectivity index (χ1) is 8.40. The van der Waals surface area contributed by atoms with Crippen LogP contribution in [0.1, 0.15) is 37.7 Å². The van der Waals surface area contributed by atoms with E-state index in [1.165, 1.54) is 31.3 Å². The van der Waals surface area contributed by atoms with E-state index < -0.39 is 0 Å². The molecule has 0 amide bonds. The summed E-state index contributed by atoms with van der Waals surface area (Å²) in [7, 11) is 0. The van der Waals surface area contributed by atoms with Crippen LogP contribution in [0, 0.1) is 11.3 Å². The van der Waals surface area contributed by atoms with Crippen molar-refractivity contribution in [2.24, 2.45) is 0 Å². The van der Waals surface area contributed by atoms with Gasteiger partial charge in [-0.2, -0.15) is 5.26 Å². The number of anilines is 1. The molecule has 0 aromatic carbocycles. The number of nitrogens with zero attached hydrogens (tertiary/aromatic N) is 2. The molecule has 0 fully saturated rings. The highest BCUT2D eigenvalue weighted by molar-refractivity contribution is 5.51. The van der Waals surface area contributed by atoms with Crippen molar-refractivity contribution in [2.45, 2.75) is 32.1 Å². The molecule has 0 unspecified atom stereocenters. The molecule has 1 aromatic heterocycles. The predicted molar refractivity (Wildman–Crippen MR) is 68.6 cm³/mol. The van der Waals surface area contributed by atoms with Crippen LogP contribution >= 0.6 is 0 Å². The van der Waals surface area contributed by atoms with Gasteiger partial charge < -0.3 is 5.32 Å². The highest BCUT2D eigenvalue weighted by Gasteiger charge is 2.04. The van der Waals surface area contributed by atoms with E-state index in [1.807, 2.05) is 0 Å². The van der Waals surface area contributed by atoms with Crippen LogP contribution < -0.4 is 5.32 Å². The number of allylic oxidation sites excluding steroid dienone is 1. The largest absolute Gasteiger partial charge is 0.369 e. The van der Waals surface area contributed by atoms with Crippen LogP contribution in [0.3, 0.4) is 0 Å². The maximum atomic E-state index is 8.93. The van der Waals surface area contributed by atoms with Gasteiger partial charge in [-0.15, -0.1) is 0 Å². The molecule has 3 heteroatoms. The minimum absolute atomic E-state index is 0.616. The number of aromatic nitrogens is 1. The lowest BCUT2D eigenvalue weighted by molar-refractivity contribution is 0.679. The van der Waals surface area contributed by atoms with Crippen LogP contribution in [0.2, 0.25) is 0 Å². The third-order valence-electron chi connectivity index (χ3n) is 3.05. The number of pyridine rings is 1. The first-order valence-corrected chi connectivity index (χ1v) is 6.17. The van der Waals surface area contributed by atoms with Gasteiger partial charge in [-0.25, -0.2) is 4.98 Å². The van der Waals surface area contributed by atoms with Gasteiger partial charge in [0, 0.05) is 12.7 Å². The molecule has 0 aliphatic heterocycles. The first-order valence-electron chi connectivity index (χ1n) is 6.17. The summed E-state index contributed by atoms with van der Waals surface area (Å²) in [6.45, 7) is 0.859. The second kappa shape index (κ2) is 6.05. The summed E-state index contributed by atoms with van der Waals surface area (Å²) in [6, 6.07) is 5.72. The Morgan fingerprint density at radius 3 is 3.12 bits per heavy atom. The molecule has 1 aliphatic rings. The first kappa shape index (κ1) is 11.7. The fourth-order valence-electron chi connectivity index (χ4n) is 2.11. The topological polar surface area (TPSA) is 48.7 Å². The Hall–Kier alpha value is -1.82. The standard InChI is InChI=1S/C14H17N3/c15-11-13-7-4-9-16-14(13)17-10-8-12-5-2-1-3-6-12/h4-5,7,9H,1-3,6,8,10H2,(H,16,17). The van der Waals surface area contributed by atoms with Crippen LogP contribution in [0.5, 0.6) is 0 Å². The van der Waals surface area contributed by atoms with Crippen molar-refractivity contribution in [3.8, 4) is 6.07 Å². The van der Waals surface area contributed by atoms with Gasteiger partial charge in [-0.1, -0.05) is 11.6 Å². The Morgan fingerprint density at radius 2 is 2.35 bits per heavy atom. The lowest BCUT2D eigenvalue weighted by Crippen LogP contribution is -2.07. The Bertz CT molecular complexity index is 443. The molecule has 3 nitrogen and oxygen atoms in total. The van der Waals surface area contributed by atoms with E-state index in [0.717, 1.165) is 13.0 Å².